The Morgan fingerprint density at radius 3 is 2.87 bits per heavy atom. The number of anilines is 1. The molecule has 0 saturated carbocycles. The molecule has 30 heavy (non-hydrogen) atoms. The number of nitrogens with one attached hydrogen (secondary N) is 1. The van der Waals surface area contributed by atoms with Crippen molar-refractivity contribution in [3.05, 3.63) is 66.0 Å². The lowest BCUT2D eigenvalue weighted by atomic mass is 10.0. The van der Waals surface area contributed by atoms with E-state index in [9.17, 15) is 9.59 Å². The lowest BCUT2D eigenvalue weighted by molar-refractivity contribution is -0.127. The Morgan fingerprint density at radius 1 is 1.27 bits per heavy atom. The van der Waals surface area contributed by atoms with Gasteiger partial charge in [0.2, 0.25) is 11.9 Å². The fourth-order valence-electron chi connectivity index (χ4n) is 4.12. The highest BCUT2D eigenvalue weighted by Crippen LogP contribution is 2.32. The molecule has 3 aromatic rings. The lowest BCUT2D eigenvalue weighted by Crippen LogP contribution is -2.40. The average molecular weight is 403 g/mol. The smallest absolute Gasteiger partial charge is 0.258 e. The first-order valence-corrected chi connectivity index (χ1v) is 10.1. The van der Waals surface area contributed by atoms with E-state index in [1.54, 1.807) is 18.3 Å². The number of hydrogen-bond acceptors (Lipinski definition) is 4. The van der Waals surface area contributed by atoms with E-state index in [2.05, 4.69) is 21.4 Å². The van der Waals surface area contributed by atoms with Crippen molar-refractivity contribution in [1.29, 1.82) is 0 Å². The van der Waals surface area contributed by atoms with Crippen LogP contribution in [-0.2, 0) is 4.79 Å². The molecule has 0 bridgehead atoms. The Morgan fingerprint density at radius 2 is 2.10 bits per heavy atom. The van der Waals surface area contributed by atoms with Crippen molar-refractivity contribution in [2.24, 2.45) is 0 Å². The third-order valence-electron chi connectivity index (χ3n) is 5.54. The second-order valence-corrected chi connectivity index (χ2v) is 7.67. The quantitative estimate of drug-likeness (QED) is 0.675. The number of piperidine rings is 1. The minimum Gasteiger partial charge on any atom is -0.337 e. The van der Waals surface area contributed by atoms with Gasteiger partial charge in [0.15, 0.2) is 0 Å². The summed E-state index contributed by atoms with van der Waals surface area (Å²) in [6, 6.07) is 9.39. The Hall–Kier alpha value is -3.48. The van der Waals surface area contributed by atoms with Crippen LogP contribution < -0.4 is 5.32 Å². The van der Waals surface area contributed by atoms with Gasteiger partial charge >= 0.3 is 0 Å². The third kappa shape index (κ3) is 3.70. The Kier molecular flexibility index (Phi) is 5.35. The highest BCUT2D eigenvalue weighted by Gasteiger charge is 2.28. The van der Waals surface area contributed by atoms with Gasteiger partial charge in [0, 0.05) is 30.5 Å². The van der Waals surface area contributed by atoms with Crippen LogP contribution in [0.15, 0.2) is 49.2 Å². The van der Waals surface area contributed by atoms with Crippen molar-refractivity contribution in [1.82, 2.24) is 19.4 Å². The Balaban J connectivity index is 1.75. The van der Waals surface area contributed by atoms with Crippen LogP contribution in [0.1, 0.15) is 40.5 Å². The number of para-hydroxylation sites is 1. The van der Waals surface area contributed by atoms with E-state index in [-0.39, 0.29) is 17.9 Å². The highest BCUT2D eigenvalue weighted by molar-refractivity contribution is 6.04. The summed E-state index contributed by atoms with van der Waals surface area (Å²) >= 11 is 0. The fourth-order valence-corrected chi connectivity index (χ4v) is 4.12. The van der Waals surface area contributed by atoms with Crippen LogP contribution in [0, 0.1) is 13.8 Å². The molecule has 0 aliphatic carbocycles. The number of carbonyl (C=O) groups excluding carboxylic acids is 2. The van der Waals surface area contributed by atoms with Gasteiger partial charge in [-0.1, -0.05) is 18.7 Å². The number of aromatic nitrogens is 3. The summed E-state index contributed by atoms with van der Waals surface area (Å²) in [4.78, 5) is 35.8. The van der Waals surface area contributed by atoms with Gasteiger partial charge in [-0.05, 0) is 56.5 Å². The van der Waals surface area contributed by atoms with Gasteiger partial charge in [0.25, 0.3) is 5.91 Å². The van der Waals surface area contributed by atoms with Gasteiger partial charge < -0.3 is 9.47 Å². The number of imidazole rings is 1. The summed E-state index contributed by atoms with van der Waals surface area (Å²) in [5, 5.41) is 2.99. The number of benzene rings is 1. The molecule has 1 atom stereocenters. The van der Waals surface area contributed by atoms with Crippen LogP contribution in [0.25, 0.3) is 11.0 Å². The molecule has 4 rings (SSSR count). The maximum atomic E-state index is 12.9. The highest BCUT2D eigenvalue weighted by atomic mass is 16.2. The maximum Gasteiger partial charge on any atom is 0.258 e. The SMILES string of the molecule is C=CC(=O)N1CCCC(n2c(NC(=O)c3ccnc(C)c3)nc3cccc(C)c32)C1. The summed E-state index contributed by atoms with van der Waals surface area (Å²) in [5.74, 6) is 0.194. The van der Waals surface area contributed by atoms with Crippen LogP contribution in [0.2, 0.25) is 0 Å². The number of amides is 2. The van der Waals surface area contributed by atoms with Crippen LogP contribution in [0.5, 0.6) is 0 Å². The first-order chi connectivity index (χ1) is 14.5. The lowest BCUT2D eigenvalue weighted by Gasteiger charge is -2.34. The van der Waals surface area contributed by atoms with Gasteiger partial charge in [-0.15, -0.1) is 0 Å². The molecule has 0 spiro atoms. The standard InChI is InChI=1S/C23H25N5O2/c1-4-20(29)27-12-6-8-18(14-27)28-21-15(2)7-5-9-19(21)25-23(28)26-22(30)17-10-11-24-16(3)13-17/h4-5,7,9-11,13,18H,1,6,8,12,14H2,2-3H3,(H,25,26,30). The zero-order valence-electron chi connectivity index (χ0n) is 17.3. The zero-order chi connectivity index (χ0) is 21.3. The second-order valence-electron chi connectivity index (χ2n) is 7.67. The molecule has 1 aliphatic heterocycles. The Labute approximate surface area is 175 Å². The van der Waals surface area contributed by atoms with Crippen molar-refractivity contribution in [3.8, 4) is 0 Å². The van der Waals surface area contributed by atoms with Crippen molar-refractivity contribution in [2.75, 3.05) is 18.4 Å². The molecule has 3 heterocycles. The molecule has 154 valence electrons. The van der Waals surface area contributed by atoms with Crippen molar-refractivity contribution >= 4 is 28.8 Å². The molecule has 7 nitrogen and oxygen atoms in total. The van der Waals surface area contributed by atoms with Gasteiger partial charge in [0.1, 0.15) is 0 Å². The fraction of sp³-hybridized carbons (Fsp3) is 0.304. The van der Waals surface area contributed by atoms with Crippen LogP contribution >= 0.6 is 0 Å². The molecule has 2 amide bonds. The summed E-state index contributed by atoms with van der Waals surface area (Å²) < 4.78 is 2.08. The third-order valence-corrected chi connectivity index (χ3v) is 5.54. The molecule has 1 aliphatic rings. The molecule has 2 aromatic heterocycles. The number of pyridine rings is 1. The molecule has 1 saturated heterocycles. The normalized spacial score (nSPS) is 16.5. The van der Waals surface area contributed by atoms with Gasteiger partial charge in [0.05, 0.1) is 17.1 Å². The van der Waals surface area contributed by atoms with E-state index in [0.29, 0.717) is 24.6 Å². The topological polar surface area (TPSA) is 80.1 Å². The van der Waals surface area contributed by atoms with Crippen LogP contribution in [-0.4, -0.2) is 44.3 Å². The largest absolute Gasteiger partial charge is 0.337 e. The zero-order valence-corrected chi connectivity index (χ0v) is 17.3. The number of aryl methyl sites for hydroxylation is 2. The number of carbonyl (C=O) groups is 2. The van der Waals surface area contributed by atoms with Gasteiger partial charge in [-0.2, -0.15) is 0 Å². The minimum atomic E-state index is -0.232. The molecule has 1 N–H and O–H groups in total. The molecule has 1 unspecified atom stereocenters. The number of nitrogens with zero attached hydrogens (tertiary/aromatic N) is 4. The molecule has 1 fully saturated rings. The molecule has 0 radical (unpaired) electrons. The second kappa shape index (κ2) is 8.10. The van der Waals surface area contributed by atoms with E-state index in [4.69, 9.17) is 4.98 Å². The molecular formula is C23H25N5O2. The number of rotatable bonds is 4. The maximum absolute atomic E-state index is 12.9. The van der Waals surface area contributed by atoms with E-state index in [0.717, 1.165) is 35.1 Å². The molecule has 1 aromatic carbocycles. The van der Waals surface area contributed by atoms with E-state index < -0.39 is 0 Å². The predicted molar refractivity (Wildman–Crippen MR) is 116 cm³/mol. The van der Waals surface area contributed by atoms with Crippen LogP contribution in [0.3, 0.4) is 0 Å². The van der Waals surface area contributed by atoms with Gasteiger partial charge in [-0.25, -0.2) is 4.98 Å². The summed E-state index contributed by atoms with van der Waals surface area (Å²) in [6.07, 6.45) is 4.76. The number of fused-ring (bicyclic) bond motifs is 1. The van der Waals surface area contributed by atoms with E-state index >= 15 is 0 Å². The predicted octanol–water partition coefficient (Wildman–Crippen LogP) is 3.65. The minimum absolute atomic E-state index is 0.0169. The Bertz CT molecular complexity index is 1130. The average Bonchev–Trinajstić information content (AvgIpc) is 3.12. The van der Waals surface area contributed by atoms with E-state index in [1.807, 2.05) is 36.9 Å². The number of likely N-dealkylation sites (tertiary alicyclic amines) is 1. The summed E-state index contributed by atoms with van der Waals surface area (Å²) in [5.41, 5.74) is 4.19. The van der Waals surface area contributed by atoms with Gasteiger partial charge in [-0.3, -0.25) is 19.9 Å². The first-order valence-electron chi connectivity index (χ1n) is 10.1. The number of hydrogen-bond donors (Lipinski definition) is 1. The summed E-state index contributed by atoms with van der Waals surface area (Å²) in [6.45, 7) is 8.77. The van der Waals surface area contributed by atoms with Crippen molar-refractivity contribution < 1.29 is 9.59 Å². The molecule has 7 heteroatoms. The molecular weight excluding hydrogens is 378 g/mol. The van der Waals surface area contributed by atoms with Crippen LogP contribution in [0.4, 0.5) is 5.95 Å². The van der Waals surface area contributed by atoms with Crippen molar-refractivity contribution in [2.45, 2.75) is 32.7 Å². The van der Waals surface area contributed by atoms with Crippen molar-refractivity contribution in [3.63, 3.8) is 0 Å². The summed E-state index contributed by atoms with van der Waals surface area (Å²) in [7, 11) is 0. The first kappa shape index (κ1) is 19.8. The monoisotopic (exact) mass is 403 g/mol. The van der Waals surface area contributed by atoms with E-state index in [1.165, 1.54) is 6.08 Å².